The van der Waals surface area contributed by atoms with Gasteiger partial charge in [0.15, 0.2) is 0 Å². The summed E-state index contributed by atoms with van der Waals surface area (Å²) in [5.41, 5.74) is 1.28. The third kappa shape index (κ3) is 5.13. The molecule has 1 aliphatic heterocycles. The van der Waals surface area contributed by atoms with Gasteiger partial charge in [-0.05, 0) is 47.6 Å². The van der Waals surface area contributed by atoms with Crippen molar-refractivity contribution in [3.05, 3.63) is 23.7 Å². The Labute approximate surface area is 128 Å². The molecule has 1 unspecified atom stereocenters. The van der Waals surface area contributed by atoms with E-state index in [2.05, 4.69) is 57.8 Å². The summed E-state index contributed by atoms with van der Waals surface area (Å²) in [7, 11) is 0. The highest BCUT2D eigenvalue weighted by Gasteiger charge is 2.31. The lowest BCUT2D eigenvalue weighted by molar-refractivity contribution is -0.131. The number of furan rings is 1. The maximum Gasteiger partial charge on any atom is 0.122 e. The van der Waals surface area contributed by atoms with E-state index in [0.717, 1.165) is 31.9 Å². The van der Waals surface area contributed by atoms with Gasteiger partial charge in [0.25, 0.3) is 0 Å². The zero-order chi connectivity index (χ0) is 15.7. The Morgan fingerprint density at radius 2 is 2.10 bits per heavy atom. The lowest BCUT2D eigenvalue weighted by atomic mass is 10.0. The van der Waals surface area contributed by atoms with Crippen molar-refractivity contribution >= 4 is 0 Å². The van der Waals surface area contributed by atoms with E-state index in [1.165, 1.54) is 5.56 Å². The van der Waals surface area contributed by atoms with Crippen LogP contribution < -0.4 is 5.32 Å². The standard InChI is InChI=1S/C17H30N2O2/c1-13-10-19(12-17(5,6)21-13)11-15-14(7-8-20-15)9-18-16(2,3)4/h7-8,13,18H,9-12H2,1-6H3. The number of hydrogen-bond acceptors (Lipinski definition) is 4. The van der Waals surface area contributed by atoms with Crippen LogP contribution in [0.3, 0.4) is 0 Å². The molecule has 1 aromatic rings. The second-order valence-corrected chi connectivity index (χ2v) is 7.83. The zero-order valence-electron chi connectivity index (χ0n) is 14.3. The molecule has 1 N–H and O–H groups in total. The van der Waals surface area contributed by atoms with Gasteiger partial charge in [-0.25, -0.2) is 0 Å². The predicted molar refractivity (Wildman–Crippen MR) is 85.2 cm³/mol. The predicted octanol–water partition coefficient (Wildman–Crippen LogP) is 3.17. The number of nitrogens with zero attached hydrogens (tertiary/aromatic N) is 1. The maximum atomic E-state index is 5.96. The largest absolute Gasteiger partial charge is 0.468 e. The van der Waals surface area contributed by atoms with Crippen molar-refractivity contribution in [1.29, 1.82) is 0 Å². The number of rotatable bonds is 4. The molecule has 4 heteroatoms. The number of ether oxygens (including phenoxy) is 1. The van der Waals surface area contributed by atoms with Crippen molar-refractivity contribution in [3.8, 4) is 0 Å². The van der Waals surface area contributed by atoms with Crippen LogP contribution in [0.2, 0.25) is 0 Å². The summed E-state index contributed by atoms with van der Waals surface area (Å²) in [5, 5.41) is 3.52. The number of hydrogen-bond donors (Lipinski definition) is 1. The molecule has 0 aromatic carbocycles. The fourth-order valence-corrected chi connectivity index (χ4v) is 2.93. The van der Waals surface area contributed by atoms with Crippen molar-refractivity contribution < 1.29 is 9.15 Å². The average molecular weight is 294 g/mol. The summed E-state index contributed by atoms with van der Waals surface area (Å²) in [5.74, 6) is 1.07. The molecule has 120 valence electrons. The summed E-state index contributed by atoms with van der Waals surface area (Å²) in [4.78, 5) is 2.42. The highest BCUT2D eigenvalue weighted by molar-refractivity contribution is 5.17. The minimum Gasteiger partial charge on any atom is -0.468 e. The summed E-state index contributed by atoms with van der Waals surface area (Å²) in [6.45, 7) is 16.6. The Hall–Kier alpha value is -0.840. The van der Waals surface area contributed by atoms with E-state index in [9.17, 15) is 0 Å². The third-order valence-electron chi connectivity index (χ3n) is 3.65. The lowest BCUT2D eigenvalue weighted by Gasteiger charge is -2.41. The van der Waals surface area contributed by atoms with Crippen LogP contribution >= 0.6 is 0 Å². The van der Waals surface area contributed by atoms with Crippen molar-refractivity contribution in [2.45, 2.75) is 71.9 Å². The van der Waals surface area contributed by atoms with Crippen LogP contribution in [0.25, 0.3) is 0 Å². The van der Waals surface area contributed by atoms with Gasteiger partial charge in [-0.15, -0.1) is 0 Å². The van der Waals surface area contributed by atoms with Gasteiger partial charge in [0.2, 0.25) is 0 Å². The maximum absolute atomic E-state index is 5.96. The van der Waals surface area contributed by atoms with Crippen LogP contribution in [0.15, 0.2) is 16.7 Å². The third-order valence-corrected chi connectivity index (χ3v) is 3.65. The summed E-state index contributed by atoms with van der Waals surface area (Å²) < 4.78 is 11.7. The van der Waals surface area contributed by atoms with Gasteiger partial charge in [0.05, 0.1) is 24.5 Å². The molecule has 1 aromatic heterocycles. The molecule has 2 heterocycles. The molecule has 0 aliphatic carbocycles. The molecule has 1 aliphatic rings. The molecule has 4 nitrogen and oxygen atoms in total. The van der Waals surface area contributed by atoms with Gasteiger partial charge in [0.1, 0.15) is 5.76 Å². The molecule has 1 fully saturated rings. The molecule has 2 rings (SSSR count). The van der Waals surface area contributed by atoms with Crippen LogP contribution in [0.1, 0.15) is 52.9 Å². The van der Waals surface area contributed by atoms with Gasteiger partial charge < -0.3 is 14.5 Å². The Morgan fingerprint density at radius 3 is 2.71 bits per heavy atom. The fourth-order valence-electron chi connectivity index (χ4n) is 2.93. The first kappa shape index (κ1) is 16.5. The van der Waals surface area contributed by atoms with E-state index in [0.29, 0.717) is 0 Å². The summed E-state index contributed by atoms with van der Waals surface area (Å²) in [6, 6.07) is 2.07. The Balaban J connectivity index is 1.98. The molecule has 0 amide bonds. The molecule has 0 spiro atoms. The minimum atomic E-state index is -0.0892. The fraction of sp³-hybridized carbons (Fsp3) is 0.765. The first-order chi connectivity index (χ1) is 9.65. The smallest absolute Gasteiger partial charge is 0.122 e. The molecular weight excluding hydrogens is 264 g/mol. The topological polar surface area (TPSA) is 37.6 Å². The first-order valence-electron chi connectivity index (χ1n) is 7.85. The number of nitrogens with one attached hydrogen (secondary N) is 1. The second kappa shape index (κ2) is 6.11. The van der Waals surface area contributed by atoms with Crippen LogP contribution in [0, 0.1) is 0 Å². The van der Waals surface area contributed by atoms with Crippen LogP contribution in [0.4, 0.5) is 0 Å². The normalized spacial score (nSPS) is 23.4. The van der Waals surface area contributed by atoms with Gasteiger partial charge in [-0.2, -0.15) is 0 Å². The molecule has 0 radical (unpaired) electrons. The summed E-state index contributed by atoms with van der Waals surface area (Å²) in [6.07, 6.45) is 2.06. The van der Waals surface area contributed by atoms with Crippen molar-refractivity contribution in [2.24, 2.45) is 0 Å². The highest BCUT2D eigenvalue weighted by Crippen LogP contribution is 2.23. The molecule has 1 saturated heterocycles. The van der Waals surface area contributed by atoms with Gasteiger partial charge in [-0.1, -0.05) is 0 Å². The van der Waals surface area contributed by atoms with Gasteiger partial charge in [0, 0.05) is 30.7 Å². The Kier molecular flexibility index (Phi) is 4.81. The number of morpholine rings is 1. The van der Waals surface area contributed by atoms with Crippen LogP contribution in [-0.2, 0) is 17.8 Å². The molecule has 1 atom stereocenters. The second-order valence-electron chi connectivity index (χ2n) is 7.83. The van der Waals surface area contributed by atoms with Crippen molar-refractivity contribution in [2.75, 3.05) is 13.1 Å². The minimum absolute atomic E-state index is 0.0892. The molecule has 21 heavy (non-hydrogen) atoms. The van der Waals surface area contributed by atoms with E-state index in [1.54, 1.807) is 6.26 Å². The lowest BCUT2D eigenvalue weighted by Crippen LogP contribution is -2.51. The Bertz CT molecular complexity index is 460. The zero-order valence-corrected chi connectivity index (χ0v) is 14.3. The van der Waals surface area contributed by atoms with E-state index in [-0.39, 0.29) is 17.2 Å². The average Bonchev–Trinajstić information content (AvgIpc) is 2.69. The van der Waals surface area contributed by atoms with E-state index >= 15 is 0 Å². The van der Waals surface area contributed by atoms with E-state index < -0.39 is 0 Å². The SMILES string of the molecule is CC1CN(Cc2occc2CNC(C)(C)C)CC(C)(C)O1. The van der Waals surface area contributed by atoms with Gasteiger partial charge in [-0.3, -0.25) is 4.90 Å². The van der Waals surface area contributed by atoms with Crippen LogP contribution in [0.5, 0.6) is 0 Å². The van der Waals surface area contributed by atoms with Crippen molar-refractivity contribution in [3.63, 3.8) is 0 Å². The first-order valence-corrected chi connectivity index (χ1v) is 7.85. The highest BCUT2D eigenvalue weighted by atomic mass is 16.5. The quantitative estimate of drug-likeness (QED) is 0.925. The summed E-state index contributed by atoms with van der Waals surface area (Å²) >= 11 is 0. The van der Waals surface area contributed by atoms with Crippen molar-refractivity contribution in [1.82, 2.24) is 10.2 Å². The monoisotopic (exact) mass is 294 g/mol. The van der Waals surface area contributed by atoms with E-state index in [4.69, 9.17) is 9.15 Å². The van der Waals surface area contributed by atoms with E-state index in [1.807, 2.05) is 0 Å². The molecule has 0 saturated carbocycles. The van der Waals surface area contributed by atoms with Crippen LogP contribution in [-0.4, -0.2) is 35.2 Å². The molecular formula is C17H30N2O2. The molecule has 0 bridgehead atoms. The Morgan fingerprint density at radius 1 is 1.38 bits per heavy atom. The van der Waals surface area contributed by atoms with Gasteiger partial charge >= 0.3 is 0 Å².